The number of hydrogen-bond acceptors (Lipinski definition) is 4. The number of nitrogens with zero attached hydrogens (tertiary/aromatic N) is 2. The number of amides is 1. The Bertz CT molecular complexity index is 488. The fourth-order valence-corrected chi connectivity index (χ4v) is 2.52. The summed E-state index contributed by atoms with van der Waals surface area (Å²) >= 11 is 5.94. The Kier molecular flexibility index (Phi) is 5.85. The van der Waals surface area contributed by atoms with Crippen LogP contribution in [0, 0.1) is 0 Å². The minimum atomic E-state index is -0.150. The molecule has 1 amide bonds. The largest absolute Gasteiger partial charge is 0.496 e. The highest BCUT2D eigenvalue weighted by atomic mass is 35.5. The molecule has 0 aromatic heterocycles. The van der Waals surface area contributed by atoms with Crippen LogP contribution in [0.5, 0.6) is 5.75 Å². The molecule has 0 radical (unpaired) electrons. The first-order valence-electron chi connectivity index (χ1n) is 7.13. The van der Waals surface area contributed by atoms with E-state index in [9.17, 15) is 4.79 Å². The molecule has 1 aliphatic rings. The second-order valence-electron chi connectivity index (χ2n) is 5.25. The van der Waals surface area contributed by atoms with Gasteiger partial charge in [-0.15, -0.1) is 0 Å². The van der Waals surface area contributed by atoms with Crippen LogP contribution in [0.15, 0.2) is 18.2 Å². The van der Waals surface area contributed by atoms with Gasteiger partial charge in [0.05, 0.1) is 12.7 Å². The lowest BCUT2D eigenvalue weighted by Crippen LogP contribution is -2.46. The maximum atomic E-state index is 12.2. The van der Waals surface area contributed by atoms with E-state index in [1.807, 2.05) is 0 Å². The smallest absolute Gasteiger partial charge is 0.255 e. The summed E-state index contributed by atoms with van der Waals surface area (Å²) in [7, 11) is 3.68. The van der Waals surface area contributed by atoms with Gasteiger partial charge in [-0.25, -0.2) is 0 Å². The van der Waals surface area contributed by atoms with Gasteiger partial charge in [-0.2, -0.15) is 0 Å². The highest BCUT2D eigenvalue weighted by Gasteiger charge is 2.15. The molecule has 0 aliphatic carbocycles. The highest BCUT2D eigenvalue weighted by Crippen LogP contribution is 2.22. The number of carbonyl (C=O) groups excluding carboxylic acids is 1. The lowest BCUT2D eigenvalue weighted by Gasteiger charge is -2.32. The van der Waals surface area contributed by atoms with E-state index in [0.29, 0.717) is 22.9 Å². The monoisotopic (exact) mass is 311 g/mol. The van der Waals surface area contributed by atoms with Crippen LogP contribution in [0.25, 0.3) is 0 Å². The Labute approximate surface area is 130 Å². The van der Waals surface area contributed by atoms with Crippen molar-refractivity contribution in [2.75, 3.05) is 53.4 Å². The van der Waals surface area contributed by atoms with E-state index in [-0.39, 0.29) is 5.91 Å². The molecule has 6 heteroatoms. The summed E-state index contributed by atoms with van der Waals surface area (Å²) in [5, 5.41) is 3.45. The highest BCUT2D eigenvalue weighted by molar-refractivity contribution is 6.31. The number of likely N-dealkylation sites (N-methyl/N-ethyl adjacent to an activating group) is 1. The van der Waals surface area contributed by atoms with Crippen molar-refractivity contribution < 1.29 is 9.53 Å². The van der Waals surface area contributed by atoms with E-state index in [4.69, 9.17) is 16.3 Å². The Morgan fingerprint density at radius 3 is 2.71 bits per heavy atom. The zero-order valence-electron chi connectivity index (χ0n) is 12.6. The van der Waals surface area contributed by atoms with Crippen molar-refractivity contribution >= 4 is 17.5 Å². The molecule has 2 rings (SSSR count). The van der Waals surface area contributed by atoms with Crippen molar-refractivity contribution in [2.45, 2.75) is 0 Å². The number of nitrogens with one attached hydrogen (secondary N) is 1. The molecule has 1 saturated heterocycles. The minimum Gasteiger partial charge on any atom is -0.496 e. The second-order valence-corrected chi connectivity index (χ2v) is 5.68. The maximum absolute atomic E-state index is 12.2. The number of halogens is 1. The first-order chi connectivity index (χ1) is 10.1. The van der Waals surface area contributed by atoms with E-state index in [1.165, 1.54) is 0 Å². The van der Waals surface area contributed by atoms with E-state index in [0.717, 1.165) is 32.7 Å². The molecule has 21 heavy (non-hydrogen) atoms. The third-order valence-electron chi connectivity index (χ3n) is 3.72. The van der Waals surface area contributed by atoms with Gasteiger partial charge in [-0.3, -0.25) is 9.69 Å². The van der Waals surface area contributed by atoms with E-state index in [2.05, 4.69) is 22.2 Å². The van der Waals surface area contributed by atoms with Crippen molar-refractivity contribution in [1.29, 1.82) is 0 Å². The van der Waals surface area contributed by atoms with Crippen LogP contribution in [-0.2, 0) is 0 Å². The zero-order valence-corrected chi connectivity index (χ0v) is 13.3. The van der Waals surface area contributed by atoms with Crippen LogP contribution in [0.1, 0.15) is 10.4 Å². The minimum absolute atomic E-state index is 0.150. The topological polar surface area (TPSA) is 44.8 Å². The van der Waals surface area contributed by atoms with Crippen molar-refractivity contribution in [3.8, 4) is 5.75 Å². The maximum Gasteiger partial charge on any atom is 0.255 e. The van der Waals surface area contributed by atoms with Gasteiger partial charge in [-0.05, 0) is 25.2 Å². The Morgan fingerprint density at radius 2 is 2.05 bits per heavy atom. The number of hydrogen-bond donors (Lipinski definition) is 1. The predicted molar refractivity (Wildman–Crippen MR) is 84.3 cm³/mol. The van der Waals surface area contributed by atoms with Crippen LogP contribution in [-0.4, -0.2) is 69.1 Å². The van der Waals surface area contributed by atoms with Crippen LogP contribution >= 0.6 is 11.6 Å². The molecule has 1 aliphatic heterocycles. The van der Waals surface area contributed by atoms with Crippen LogP contribution in [0.4, 0.5) is 0 Å². The summed E-state index contributed by atoms with van der Waals surface area (Å²) in [4.78, 5) is 16.9. The first kappa shape index (κ1) is 16.1. The molecule has 1 aromatic rings. The SMILES string of the molecule is COc1ccc(Cl)cc1C(=O)NCCN1CCN(C)CC1. The Morgan fingerprint density at radius 1 is 1.33 bits per heavy atom. The molecule has 1 fully saturated rings. The fourth-order valence-electron chi connectivity index (χ4n) is 2.35. The molecule has 1 N–H and O–H groups in total. The molecule has 116 valence electrons. The predicted octanol–water partition coefficient (Wildman–Crippen LogP) is 1.33. The number of piperazine rings is 1. The van der Waals surface area contributed by atoms with Gasteiger partial charge in [-0.1, -0.05) is 11.6 Å². The summed E-state index contributed by atoms with van der Waals surface area (Å²) < 4.78 is 5.19. The van der Waals surface area contributed by atoms with Crippen LogP contribution < -0.4 is 10.1 Å². The summed E-state index contributed by atoms with van der Waals surface area (Å²) in [6, 6.07) is 5.05. The van der Waals surface area contributed by atoms with Gasteiger partial charge in [0, 0.05) is 44.3 Å². The average Bonchev–Trinajstić information content (AvgIpc) is 2.49. The third kappa shape index (κ3) is 4.59. The number of rotatable bonds is 5. The standard InChI is InChI=1S/C15H22ClN3O2/c1-18-7-9-19(10-8-18)6-5-17-15(20)13-11-12(16)3-4-14(13)21-2/h3-4,11H,5-10H2,1-2H3,(H,17,20). The molecule has 1 heterocycles. The molecule has 1 aromatic carbocycles. The fraction of sp³-hybridized carbons (Fsp3) is 0.533. The number of methoxy groups -OCH3 is 1. The van der Waals surface area contributed by atoms with Gasteiger partial charge >= 0.3 is 0 Å². The molecule has 0 unspecified atom stereocenters. The summed E-state index contributed by atoms with van der Waals surface area (Å²) in [5.74, 6) is 0.389. The van der Waals surface area contributed by atoms with Gasteiger partial charge in [0.1, 0.15) is 5.75 Å². The lowest BCUT2D eigenvalue weighted by molar-refractivity contribution is 0.0938. The van der Waals surface area contributed by atoms with E-state index >= 15 is 0 Å². The van der Waals surface area contributed by atoms with Gasteiger partial charge < -0.3 is 15.0 Å². The lowest BCUT2D eigenvalue weighted by atomic mass is 10.2. The Balaban J connectivity index is 1.83. The van der Waals surface area contributed by atoms with Crippen molar-refractivity contribution in [3.63, 3.8) is 0 Å². The van der Waals surface area contributed by atoms with E-state index in [1.54, 1.807) is 25.3 Å². The molecular weight excluding hydrogens is 290 g/mol. The van der Waals surface area contributed by atoms with Crippen molar-refractivity contribution in [1.82, 2.24) is 15.1 Å². The summed E-state index contributed by atoms with van der Waals surface area (Å²) in [5.41, 5.74) is 0.475. The molecular formula is C15H22ClN3O2. The van der Waals surface area contributed by atoms with Crippen molar-refractivity contribution in [2.24, 2.45) is 0 Å². The van der Waals surface area contributed by atoms with Crippen LogP contribution in [0.3, 0.4) is 0 Å². The van der Waals surface area contributed by atoms with Gasteiger partial charge in [0.15, 0.2) is 0 Å². The Hall–Kier alpha value is -1.30. The van der Waals surface area contributed by atoms with Gasteiger partial charge in [0.2, 0.25) is 0 Å². The number of benzene rings is 1. The number of carbonyl (C=O) groups is 1. The van der Waals surface area contributed by atoms with Crippen LogP contribution in [0.2, 0.25) is 5.02 Å². The van der Waals surface area contributed by atoms with E-state index < -0.39 is 0 Å². The average molecular weight is 312 g/mol. The molecule has 0 spiro atoms. The first-order valence-corrected chi connectivity index (χ1v) is 7.50. The molecule has 0 atom stereocenters. The molecule has 5 nitrogen and oxygen atoms in total. The summed E-state index contributed by atoms with van der Waals surface area (Å²) in [6.07, 6.45) is 0. The summed E-state index contributed by atoms with van der Waals surface area (Å²) in [6.45, 7) is 5.74. The normalized spacial score (nSPS) is 16.7. The second kappa shape index (κ2) is 7.64. The molecule has 0 bridgehead atoms. The zero-order chi connectivity index (χ0) is 15.2. The third-order valence-corrected chi connectivity index (χ3v) is 3.95. The van der Waals surface area contributed by atoms with Crippen molar-refractivity contribution in [3.05, 3.63) is 28.8 Å². The number of ether oxygens (including phenoxy) is 1. The van der Waals surface area contributed by atoms with Gasteiger partial charge in [0.25, 0.3) is 5.91 Å². The molecule has 0 saturated carbocycles. The quantitative estimate of drug-likeness (QED) is 0.891.